The molecule has 0 aliphatic carbocycles. The fourth-order valence-electron chi connectivity index (χ4n) is 3.35. The Balaban J connectivity index is 1.52. The first kappa shape index (κ1) is 21.9. The summed E-state index contributed by atoms with van der Waals surface area (Å²) in [5, 5.41) is 9.37. The number of furan rings is 1. The molecule has 0 spiro atoms. The van der Waals surface area contributed by atoms with Crippen molar-refractivity contribution in [1.82, 2.24) is 14.8 Å². The van der Waals surface area contributed by atoms with E-state index in [0.717, 1.165) is 11.3 Å². The molecule has 4 aromatic rings. The molecule has 4 rings (SSSR count). The quantitative estimate of drug-likeness (QED) is 0.336. The number of hydrogen-bond donors (Lipinski definition) is 0. The summed E-state index contributed by atoms with van der Waals surface area (Å²) in [6.07, 6.45) is 1.62. The number of carbonyl (C=O) groups excluding carboxylic acids is 1. The van der Waals surface area contributed by atoms with Gasteiger partial charge in [-0.05, 0) is 41.3 Å². The van der Waals surface area contributed by atoms with Gasteiger partial charge in [0.15, 0.2) is 10.9 Å². The molecule has 2 aromatic carbocycles. The lowest BCUT2D eigenvalue weighted by Crippen LogP contribution is -2.28. The van der Waals surface area contributed by atoms with E-state index in [2.05, 4.69) is 48.3 Å². The van der Waals surface area contributed by atoms with Gasteiger partial charge in [0.05, 0.1) is 18.6 Å². The Labute approximate surface area is 192 Å². The predicted octanol–water partition coefficient (Wildman–Crippen LogP) is 5.46. The van der Waals surface area contributed by atoms with Crippen LogP contribution in [0.4, 0.5) is 5.69 Å². The SMILES string of the molecule is CC(C)c1cccc(N(C)C(=O)CSc2nnc(-c3ccco3)n2Cc2ccccc2)c1. The molecular weight excluding hydrogens is 420 g/mol. The first-order chi connectivity index (χ1) is 15.5. The second-order valence-electron chi connectivity index (χ2n) is 7.85. The van der Waals surface area contributed by atoms with Crippen molar-refractivity contribution in [2.24, 2.45) is 0 Å². The smallest absolute Gasteiger partial charge is 0.237 e. The molecule has 0 radical (unpaired) electrons. The third-order valence-electron chi connectivity index (χ3n) is 5.26. The molecule has 0 fully saturated rings. The van der Waals surface area contributed by atoms with Crippen LogP contribution in [-0.2, 0) is 11.3 Å². The zero-order valence-electron chi connectivity index (χ0n) is 18.4. The summed E-state index contributed by atoms with van der Waals surface area (Å²) in [6.45, 7) is 4.88. The van der Waals surface area contributed by atoms with Gasteiger partial charge >= 0.3 is 0 Å². The van der Waals surface area contributed by atoms with Crippen LogP contribution in [0.1, 0.15) is 30.9 Å². The van der Waals surface area contributed by atoms with Gasteiger partial charge in [-0.1, -0.05) is 68.1 Å². The number of anilines is 1. The summed E-state index contributed by atoms with van der Waals surface area (Å²) in [5.74, 6) is 1.96. The molecule has 0 aliphatic heterocycles. The average molecular weight is 447 g/mol. The lowest BCUT2D eigenvalue weighted by Gasteiger charge is -2.19. The van der Waals surface area contributed by atoms with Gasteiger partial charge in [-0.3, -0.25) is 9.36 Å². The Kier molecular flexibility index (Phi) is 6.75. The van der Waals surface area contributed by atoms with Crippen molar-refractivity contribution in [1.29, 1.82) is 0 Å². The number of nitrogens with zero attached hydrogens (tertiary/aromatic N) is 4. The van der Waals surface area contributed by atoms with Crippen LogP contribution >= 0.6 is 11.8 Å². The number of hydrogen-bond acceptors (Lipinski definition) is 5. The summed E-state index contributed by atoms with van der Waals surface area (Å²) in [6, 6.07) is 21.9. The molecule has 0 bridgehead atoms. The number of aromatic nitrogens is 3. The van der Waals surface area contributed by atoms with E-state index in [1.807, 2.05) is 54.1 Å². The highest BCUT2D eigenvalue weighted by atomic mass is 32.2. The lowest BCUT2D eigenvalue weighted by molar-refractivity contribution is -0.115. The second kappa shape index (κ2) is 9.87. The van der Waals surface area contributed by atoms with Crippen molar-refractivity contribution in [3.8, 4) is 11.6 Å². The van der Waals surface area contributed by atoms with Gasteiger partial charge in [0.1, 0.15) is 0 Å². The van der Waals surface area contributed by atoms with Gasteiger partial charge in [-0.2, -0.15) is 0 Å². The Hall–Kier alpha value is -3.32. The lowest BCUT2D eigenvalue weighted by atomic mass is 10.0. The zero-order valence-corrected chi connectivity index (χ0v) is 19.2. The molecule has 164 valence electrons. The standard InChI is InChI=1S/C25H26N4O2S/c1-18(2)20-11-7-12-21(15-20)28(3)23(30)17-32-25-27-26-24(22-13-8-14-31-22)29(25)16-19-9-5-4-6-10-19/h4-15,18H,16-17H2,1-3H3. The number of amides is 1. The van der Waals surface area contributed by atoms with E-state index in [-0.39, 0.29) is 11.7 Å². The van der Waals surface area contributed by atoms with Gasteiger partial charge < -0.3 is 9.32 Å². The zero-order chi connectivity index (χ0) is 22.5. The Morgan fingerprint density at radius 2 is 1.88 bits per heavy atom. The Morgan fingerprint density at radius 1 is 1.06 bits per heavy atom. The first-order valence-corrected chi connectivity index (χ1v) is 11.5. The molecular formula is C25H26N4O2S. The minimum absolute atomic E-state index is 0.00437. The third kappa shape index (κ3) is 4.94. The van der Waals surface area contributed by atoms with Crippen LogP contribution in [0, 0.1) is 0 Å². The van der Waals surface area contributed by atoms with Crippen LogP contribution in [0.2, 0.25) is 0 Å². The van der Waals surface area contributed by atoms with Gasteiger partial charge in [0, 0.05) is 12.7 Å². The van der Waals surface area contributed by atoms with Crippen molar-refractivity contribution in [3.05, 3.63) is 84.1 Å². The highest BCUT2D eigenvalue weighted by molar-refractivity contribution is 7.99. The third-order valence-corrected chi connectivity index (χ3v) is 6.22. The number of thioether (sulfide) groups is 1. The monoisotopic (exact) mass is 446 g/mol. The topological polar surface area (TPSA) is 64.2 Å². The summed E-state index contributed by atoms with van der Waals surface area (Å²) >= 11 is 1.38. The predicted molar refractivity (Wildman–Crippen MR) is 128 cm³/mol. The fourth-order valence-corrected chi connectivity index (χ4v) is 4.20. The minimum Gasteiger partial charge on any atom is -0.461 e. The molecule has 0 atom stereocenters. The van der Waals surface area contributed by atoms with Crippen molar-refractivity contribution in [2.45, 2.75) is 31.5 Å². The van der Waals surface area contributed by atoms with E-state index in [4.69, 9.17) is 4.42 Å². The van der Waals surface area contributed by atoms with Gasteiger partial charge in [0.2, 0.25) is 11.7 Å². The Morgan fingerprint density at radius 3 is 2.59 bits per heavy atom. The van der Waals surface area contributed by atoms with E-state index >= 15 is 0 Å². The van der Waals surface area contributed by atoms with Crippen LogP contribution in [0.3, 0.4) is 0 Å². The molecule has 0 saturated heterocycles. The van der Waals surface area contributed by atoms with Crippen molar-refractivity contribution >= 4 is 23.4 Å². The van der Waals surface area contributed by atoms with Gasteiger partial charge in [0.25, 0.3) is 0 Å². The molecule has 1 amide bonds. The average Bonchev–Trinajstić information content (AvgIpc) is 3.48. The molecule has 0 N–H and O–H groups in total. The molecule has 7 heteroatoms. The number of carbonyl (C=O) groups is 1. The largest absolute Gasteiger partial charge is 0.461 e. The normalized spacial score (nSPS) is 11.1. The Bertz CT molecular complexity index is 1170. The van der Waals surface area contributed by atoms with E-state index in [0.29, 0.717) is 29.2 Å². The molecule has 2 heterocycles. The molecule has 0 saturated carbocycles. The van der Waals surface area contributed by atoms with E-state index in [1.165, 1.54) is 17.3 Å². The molecule has 6 nitrogen and oxygen atoms in total. The van der Waals surface area contributed by atoms with Crippen molar-refractivity contribution in [3.63, 3.8) is 0 Å². The summed E-state index contributed by atoms with van der Waals surface area (Å²) < 4.78 is 7.55. The maximum Gasteiger partial charge on any atom is 0.237 e. The van der Waals surface area contributed by atoms with E-state index < -0.39 is 0 Å². The van der Waals surface area contributed by atoms with Crippen LogP contribution in [0.25, 0.3) is 11.6 Å². The van der Waals surface area contributed by atoms with E-state index in [9.17, 15) is 4.79 Å². The van der Waals surface area contributed by atoms with Crippen molar-refractivity contribution in [2.75, 3.05) is 17.7 Å². The first-order valence-electron chi connectivity index (χ1n) is 10.5. The fraction of sp³-hybridized carbons (Fsp3) is 0.240. The highest BCUT2D eigenvalue weighted by Crippen LogP contribution is 2.27. The summed E-state index contributed by atoms with van der Waals surface area (Å²) in [4.78, 5) is 14.6. The molecule has 0 unspecified atom stereocenters. The van der Waals surface area contributed by atoms with Crippen LogP contribution in [0.15, 0.2) is 82.6 Å². The van der Waals surface area contributed by atoms with Gasteiger partial charge in [-0.15, -0.1) is 10.2 Å². The highest BCUT2D eigenvalue weighted by Gasteiger charge is 2.19. The van der Waals surface area contributed by atoms with Crippen molar-refractivity contribution < 1.29 is 9.21 Å². The number of rotatable bonds is 8. The summed E-state index contributed by atoms with van der Waals surface area (Å²) in [7, 11) is 1.81. The maximum absolute atomic E-state index is 12.9. The van der Waals surface area contributed by atoms with E-state index in [1.54, 1.807) is 11.2 Å². The molecule has 32 heavy (non-hydrogen) atoms. The number of benzene rings is 2. The molecule has 0 aliphatic rings. The van der Waals surface area contributed by atoms with Crippen LogP contribution in [0.5, 0.6) is 0 Å². The summed E-state index contributed by atoms with van der Waals surface area (Å²) in [5.41, 5.74) is 3.22. The van der Waals surface area contributed by atoms with Gasteiger partial charge in [-0.25, -0.2) is 0 Å². The second-order valence-corrected chi connectivity index (χ2v) is 8.79. The maximum atomic E-state index is 12.9. The molecule has 2 aromatic heterocycles. The van der Waals surface area contributed by atoms with Crippen LogP contribution in [-0.4, -0.2) is 33.5 Å². The minimum atomic E-state index is 0.00437. The van der Waals surface area contributed by atoms with Crippen LogP contribution < -0.4 is 4.90 Å².